The highest BCUT2D eigenvalue weighted by Crippen LogP contribution is 2.23. The van der Waals surface area contributed by atoms with Crippen LogP contribution in [0.5, 0.6) is 0 Å². The summed E-state index contributed by atoms with van der Waals surface area (Å²) < 4.78 is 38.0. The van der Waals surface area contributed by atoms with Gasteiger partial charge in [-0.3, -0.25) is 0 Å². The molecule has 0 aliphatic carbocycles. The second kappa shape index (κ2) is 12.2. The average Bonchev–Trinajstić information content (AvgIpc) is 2.93. The SMILES string of the molecule is CO[Si](C)(OC([SiH3])=C(O[Si](C)(OC)c1ccccc1)O[Si](C)(OC)c1ccccc1)c1ccccc1. The van der Waals surface area contributed by atoms with Gasteiger partial charge in [-0.1, -0.05) is 91.0 Å². The zero-order valence-corrected chi connectivity index (χ0v) is 27.1. The molecule has 0 saturated heterocycles. The van der Waals surface area contributed by atoms with E-state index in [1.54, 1.807) is 21.3 Å². The molecule has 6 nitrogen and oxygen atoms in total. The molecule has 0 saturated carbocycles. The topological polar surface area (TPSA) is 55.4 Å². The zero-order chi connectivity index (χ0) is 26.2. The Morgan fingerprint density at radius 2 is 0.778 bits per heavy atom. The molecule has 3 atom stereocenters. The maximum absolute atomic E-state index is 6.69. The smallest absolute Gasteiger partial charge is 0.432 e. The molecule has 0 bridgehead atoms. The average molecular weight is 557 g/mol. The highest BCUT2D eigenvalue weighted by atomic mass is 28.4. The van der Waals surface area contributed by atoms with E-state index >= 15 is 0 Å². The minimum Gasteiger partial charge on any atom is -0.519 e. The third-order valence-corrected chi connectivity index (χ3v) is 15.6. The highest BCUT2D eigenvalue weighted by molar-refractivity contribution is 6.82. The summed E-state index contributed by atoms with van der Waals surface area (Å²) in [4.78, 5) is 0. The van der Waals surface area contributed by atoms with Crippen molar-refractivity contribution >= 4 is 51.5 Å². The molecule has 0 aliphatic rings. The zero-order valence-electron chi connectivity index (χ0n) is 22.1. The Hall–Kier alpha value is -2.45. The molecule has 0 amide bonds. The summed E-state index contributed by atoms with van der Waals surface area (Å²) in [7, 11) is -3.04. The van der Waals surface area contributed by atoms with Crippen molar-refractivity contribution in [2.24, 2.45) is 0 Å². The van der Waals surface area contributed by atoms with E-state index in [-0.39, 0.29) is 0 Å². The van der Waals surface area contributed by atoms with Crippen LogP contribution in [-0.2, 0) is 26.6 Å². The van der Waals surface area contributed by atoms with Gasteiger partial charge in [-0.25, -0.2) is 0 Å². The van der Waals surface area contributed by atoms with Crippen LogP contribution in [0.15, 0.2) is 102 Å². The van der Waals surface area contributed by atoms with Gasteiger partial charge < -0.3 is 26.6 Å². The summed E-state index contributed by atoms with van der Waals surface area (Å²) in [6.07, 6.45) is 0. The van der Waals surface area contributed by atoms with Crippen LogP contribution in [0, 0.1) is 0 Å². The fourth-order valence-corrected chi connectivity index (χ4v) is 11.0. The molecule has 0 spiro atoms. The first kappa shape index (κ1) is 28.1. The standard InChI is InChI=1S/C26H36O6Si4/c1-27-34(4,22-16-10-7-11-17-22)30-25(31-35(5,28-2)23-18-12-8-13-19-23)26(33)32-36(6,29-3)24-20-14-9-15-21-24/h7-21H,1-6,33H3. The maximum Gasteiger partial charge on any atom is 0.432 e. The lowest BCUT2D eigenvalue weighted by molar-refractivity contribution is 0.128. The molecule has 0 aromatic heterocycles. The Kier molecular flexibility index (Phi) is 9.52. The van der Waals surface area contributed by atoms with Crippen LogP contribution < -0.4 is 15.6 Å². The molecule has 0 radical (unpaired) electrons. The van der Waals surface area contributed by atoms with Crippen molar-refractivity contribution in [1.29, 1.82) is 0 Å². The molecule has 0 aliphatic heterocycles. The third kappa shape index (κ3) is 6.45. The Labute approximate surface area is 221 Å². The van der Waals surface area contributed by atoms with Gasteiger partial charge in [-0.15, -0.1) is 0 Å². The van der Waals surface area contributed by atoms with Crippen LogP contribution in [0.1, 0.15) is 0 Å². The van der Waals surface area contributed by atoms with Crippen LogP contribution in [-0.4, -0.2) is 57.3 Å². The van der Waals surface area contributed by atoms with Crippen LogP contribution >= 0.6 is 0 Å². The highest BCUT2D eigenvalue weighted by Gasteiger charge is 2.43. The van der Waals surface area contributed by atoms with E-state index in [0.717, 1.165) is 15.6 Å². The summed E-state index contributed by atoms with van der Waals surface area (Å²) >= 11 is 0. The van der Waals surface area contributed by atoms with Crippen molar-refractivity contribution in [2.45, 2.75) is 19.6 Å². The van der Waals surface area contributed by atoms with E-state index in [4.69, 9.17) is 26.6 Å². The van der Waals surface area contributed by atoms with Crippen LogP contribution in [0.3, 0.4) is 0 Å². The summed E-state index contributed by atoms with van der Waals surface area (Å²) in [5.74, 6) is 0.313. The molecule has 0 heterocycles. The van der Waals surface area contributed by atoms with E-state index in [0.29, 0.717) is 21.6 Å². The summed E-state index contributed by atoms with van der Waals surface area (Å²) in [5.41, 5.74) is 0. The maximum atomic E-state index is 6.69. The fraction of sp³-hybridized carbons (Fsp3) is 0.231. The molecule has 0 fully saturated rings. The predicted octanol–water partition coefficient (Wildman–Crippen LogP) is 2.40. The van der Waals surface area contributed by atoms with Gasteiger partial charge in [0.05, 0.1) is 10.2 Å². The van der Waals surface area contributed by atoms with Gasteiger partial charge in [-0.2, -0.15) is 0 Å². The quantitative estimate of drug-likeness (QED) is 0.252. The second-order valence-corrected chi connectivity index (χ2v) is 18.8. The summed E-state index contributed by atoms with van der Waals surface area (Å²) in [6.45, 7) is 6.02. The third-order valence-electron chi connectivity index (χ3n) is 6.27. The minimum absolute atomic E-state index is 0.313. The first-order valence-corrected chi connectivity index (χ1v) is 19.7. The van der Waals surface area contributed by atoms with Gasteiger partial charge in [0.2, 0.25) is 0 Å². The first-order chi connectivity index (χ1) is 17.2. The molecule has 192 valence electrons. The lowest BCUT2D eigenvalue weighted by atomic mass is 10.4. The lowest BCUT2D eigenvalue weighted by Crippen LogP contribution is -2.55. The number of benzene rings is 3. The van der Waals surface area contributed by atoms with Crippen molar-refractivity contribution < 1.29 is 26.6 Å². The van der Waals surface area contributed by atoms with Crippen molar-refractivity contribution in [3.05, 3.63) is 102 Å². The van der Waals surface area contributed by atoms with Gasteiger partial charge in [0.15, 0.2) is 0 Å². The predicted molar refractivity (Wildman–Crippen MR) is 154 cm³/mol. The lowest BCUT2D eigenvalue weighted by Gasteiger charge is -2.35. The Balaban J connectivity index is 2.08. The summed E-state index contributed by atoms with van der Waals surface area (Å²) in [6, 6.07) is 30.0. The minimum atomic E-state index is -2.90. The van der Waals surface area contributed by atoms with Crippen molar-refractivity contribution in [3.8, 4) is 0 Å². The Bertz CT molecular complexity index is 1080. The van der Waals surface area contributed by atoms with Crippen LogP contribution in [0.2, 0.25) is 19.6 Å². The van der Waals surface area contributed by atoms with Crippen molar-refractivity contribution in [2.75, 3.05) is 21.3 Å². The fourth-order valence-electron chi connectivity index (χ4n) is 3.73. The van der Waals surface area contributed by atoms with Crippen LogP contribution in [0.4, 0.5) is 0 Å². The monoisotopic (exact) mass is 556 g/mol. The Morgan fingerprint density at radius 1 is 0.500 bits per heavy atom. The Morgan fingerprint density at radius 3 is 1.06 bits per heavy atom. The molecular weight excluding hydrogens is 521 g/mol. The second-order valence-electron chi connectivity index (χ2n) is 8.70. The number of hydrogen-bond donors (Lipinski definition) is 0. The largest absolute Gasteiger partial charge is 0.519 e. The molecule has 10 heteroatoms. The number of hydrogen-bond acceptors (Lipinski definition) is 6. The molecule has 3 rings (SSSR count). The molecule has 3 aromatic rings. The molecular formula is C26H36O6Si4. The van der Waals surface area contributed by atoms with Crippen molar-refractivity contribution in [3.63, 3.8) is 0 Å². The van der Waals surface area contributed by atoms with E-state index < -0.39 is 25.7 Å². The van der Waals surface area contributed by atoms with E-state index in [1.165, 1.54) is 0 Å². The molecule has 36 heavy (non-hydrogen) atoms. The number of rotatable bonds is 12. The molecule has 3 unspecified atom stereocenters. The molecule has 3 aromatic carbocycles. The van der Waals surface area contributed by atoms with Gasteiger partial charge in [0.1, 0.15) is 5.38 Å². The van der Waals surface area contributed by atoms with Crippen LogP contribution in [0.25, 0.3) is 0 Å². The first-order valence-electron chi connectivity index (χ1n) is 11.8. The van der Waals surface area contributed by atoms with Gasteiger partial charge in [0, 0.05) is 36.9 Å². The van der Waals surface area contributed by atoms with Gasteiger partial charge >= 0.3 is 25.7 Å². The molecule has 0 N–H and O–H groups in total. The van der Waals surface area contributed by atoms with Gasteiger partial charge in [0.25, 0.3) is 5.95 Å². The van der Waals surface area contributed by atoms with E-state index in [2.05, 4.69) is 0 Å². The summed E-state index contributed by atoms with van der Waals surface area (Å²) in [5, 5.41) is 3.61. The normalized spacial score (nSPS) is 16.2. The van der Waals surface area contributed by atoms with E-state index in [1.807, 2.05) is 111 Å². The van der Waals surface area contributed by atoms with Crippen molar-refractivity contribution in [1.82, 2.24) is 0 Å². The van der Waals surface area contributed by atoms with E-state index in [9.17, 15) is 0 Å². The van der Waals surface area contributed by atoms with Gasteiger partial charge in [-0.05, 0) is 19.6 Å².